The quantitative estimate of drug-likeness (QED) is 0.911. The predicted octanol–water partition coefficient (Wildman–Crippen LogP) is 3.78. The summed E-state index contributed by atoms with van der Waals surface area (Å²) in [4.78, 5) is 0. The number of hydrogen-bond donors (Lipinski definition) is 1. The molecular formula is C17H19FO3. The number of aliphatic hydroxyl groups excluding tert-OH is 1. The van der Waals surface area contributed by atoms with E-state index in [1.54, 1.807) is 31.2 Å². The second-order valence-electron chi connectivity index (χ2n) is 4.95. The Bertz CT molecular complexity index is 623. The summed E-state index contributed by atoms with van der Waals surface area (Å²) in [7, 11) is 1.50. The largest absolute Gasteiger partial charge is 0.497 e. The highest BCUT2D eigenvalue weighted by molar-refractivity contribution is 5.37. The van der Waals surface area contributed by atoms with Crippen LogP contribution < -0.4 is 9.47 Å². The molecule has 1 N–H and O–H groups in total. The summed E-state index contributed by atoms with van der Waals surface area (Å²) in [5, 5.41) is 9.53. The third-order valence-corrected chi connectivity index (χ3v) is 3.32. The first-order chi connectivity index (χ1) is 10.0. The van der Waals surface area contributed by atoms with Crippen molar-refractivity contribution in [1.29, 1.82) is 0 Å². The maximum absolute atomic E-state index is 13.8. The molecule has 0 heterocycles. The van der Waals surface area contributed by atoms with Crippen molar-refractivity contribution in [1.82, 2.24) is 0 Å². The van der Waals surface area contributed by atoms with Crippen LogP contribution in [0.4, 0.5) is 4.39 Å². The Kier molecular flexibility index (Phi) is 4.81. The topological polar surface area (TPSA) is 38.7 Å². The number of benzene rings is 2. The molecule has 2 aromatic rings. The molecule has 21 heavy (non-hydrogen) atoms. The lowest BCUT2D eigenvalue weighted by Crippen LogP contribution is -2.01. The first-order valence-corrected chi connectivity index (χ1v) is 6.75. The van der Waals surface area contributed by atoms with Crippen LogP contribution in [0.15, 0.2) is 36.4 Å². The van der Waals surface area contributed by atoms with Gasteiger partial charge in [0.2, 0.25) is 0 Å². The Morgan fingerprint density at radius 2 is 1.95 bits per heavy atom. The van der Waals surface area contributed by atoms with Crippen LogP contribution in [0.5, 0.6) is 11.5 Å². The van der Waals surface area contributed by atoms with Gasteiger partial charge in [0.1, 0.15) is 23.9 Å². The van der Waals surface area contributed by atoms with Crippen LogP contribution in [0.1, 0.15) is 29.7 Å². The molecular weight excluding hydrogens is 271 g/mol. The molecule has 4 heteroatoms. The van der Waals surface area contributed by atoms with Gasteiger partial charge in [-0.25, -0.2) is 4.39 Å². The second-order valence-corrected chi connectivity index (χ2v) is 4.95. The van der Waals surface area contributed by atoms with Gasteiger partial charge < -0.3 is 14.6 Å². The first kappa shape index (κ1) is 15.3. The molecule has 1 atom stereocenters. The summed E-state index contributed by atoms with van der Waals surface area (Å²) >= 11 is 0. The molecule has 0 spiro atoms. The zero-order valence-corrected chi connectivity index (χ0v) is 12.4. The Morgan fingerprint density at radius 3 is 2.52 bits per heavy atom. The van der Waals surface area contributed by atoms with Gasteiger partial charge in [-0.3, -0.25) is 0 Å². The van der Waals surface area contributed by atoms with Crippen molar-refractivity contribution in [3.05, 3.63) is 58.9 Å². The van der Waals surface area contributed by atoms with Crippen LogP contribution in [0.3, 0.4) is 0 Å². The lowest BCUT2D eigenvalue weighted by Gasteiger charge is -2.12. The van der Waals surface area contributed by atoms with E-state index < -0.39 is 6.10 Å². The van der Waals surface area contributed by atoms with E-state index in [9.17, 15) is 9.50 Å². The van der Waals surface area contributed by atoms with Gasteiger partial charge in [-0.15, -0.1) is 0 Å². The van der Waals surface area contributed by atoms with Crippen LogP contribution >= 0.6 is 0 Å². The van der Waals surface area contributed by atoms with Crippen molar-refractivity contribution >= 4 is 0 Å². The minimum atomic E-state index is -0.517. The van der Waals surface area contributed by atoms with Crippen molar-refractivity contribution in [3.63, 3.8) is 0 Å². The van der Waals surface area contributed by atoms with Crippen LogP contribution in [-0.4, -0.2) is 12.2 Å². The molecule has 0 amide bonds. The third-order valence-electron chi connectivity index (χ3n) is 3.32. The SMILES string of the molecule is COc1ccc(COc2ccc([C@@H](C)O)cc2C)c(F)c1. The highest BCUT2D eigenvalue weighted by atomic mass is 19.1. The van der Waals surface area contributed by atoms with Crippen molar-refractivity contribution in [2.45, 2.75) is 26.6 Å². The number of halogens is 1. The molecule has 0 aromatic heterocycles. The fraction of sp³-hybridized carbons (Fsp3) is 0.294. The number of hydrogen-bond acceptors (Lipinski definition) is 3. The predicted molar refractivity (Wildman–Crippen MR) is 79.1 cm³/mol. The number of rotatable bonds is 5. The Balaban J connectivity index is 2.09. The van der Waals surface area contributed by atoms with Gasteiger partial charge in [0.15, 0.2) is 0 Å². The molecule has 2 rings (SSSR count). The molecule has 0 bridgehead atoms. The molecule has 0 aliphatic carbocycles. The first-order valence-electron chi connectivity index (χ1n) is 6.75. The second kappa shape index (κ2) is 6.59. The lowest BCUT2D eigenvalue weighted by molar-refractivity contribution is 0.199. The van der Waals surface area contributed by atoms with Crippen molar-refractivity contribution in [3.8, 4) is 11.5 Å². The standard InChI is InChI=1S/C17H19FO3/c1-11-8-13(12(2)19)5-7-17(11)21-10-14-4-6-15(20-3)9-16(14)18/h4-9,12,19H,10H2,1-3H3/t12-/m1/s1. The van der Waals surface area contributed by atoms with E-state index in [1.807, 2.05) is 13.0 Å². The lowest BCUT2D eigenvalue weighted by atomic mass is 10.1. The zero-order chi connectivity index (χ0) is 15.4. The van der Waals surface area contributed by atoms with E-state index in [1.165, 1.54) is 13.2 Å². The maximum Gasteiger partial charge on any atom is 0.133 e. The fourth-order valence-corrected chi connectivity index (χ4v) is 2.02. The molecule has 0 saturated carbocycles. The zero-order valence-electron chi connectivity index (χ0n) is 12.4. The molecule has 0 unspecified atom stereocenters. The summed E-state index contributed by atoms with van der Waals surface area (Å²) in [6.45, 7) is 3.75. The molecule has 3 nitrogen and oxygen atoms in total. The molecule has 0 fully saturated rings. The van der Waals surface area contributed by atoms with Gasteiger partial charge in [-0.2, -0.15) is 0 Å². The van der Waals surface area contributed by atoms with Crippen LogP contribution in [0, 0.1) is 12.7 Å². The third kappa shape index (κ3) is 3.73. The minimum Gasteiger partial charge on any atom is -0.497 e. The van der Waals surface area contributed by atoms with Crippen molar-refractivity contribution in [2.24, 2.45) is 0 Å². The van der Waals surface area contributed by atoms with Gasteiger partial charge in [-0.1, -0.05) is 6.07 Å². The van der Waals surface area contributed by atoms with Crippen LogP contribution in [-0.2, 0) is 6.61 Å². The van der Waals surface area contributed by atoms with Gasteiger partial charge in [0.25, 0.3) is 0 Å². The normalized spacial score (nSPS) is 12.0. The summed E-state index contributed by atoms with van der Waals surface area (Å²) in [6.07, 6.45) is -0.517. The molecule has 112 valence electrons. The number of aryl methyl sites for hydroxylation is 1. The molecule has 0 radical (unpaired) electrons. The summed E-state index contributed by atoms with van der Waals surface area (Å²) in [6, 6.07) is 10.1. The van der Waals surface area contributed by atoms with E-state index in [0.29, 0.717) is 17.1 Å². The number of methoxy groups -OCH3 is 1. The Morgan fingerprint density at radius 1 is 1.19 bits per heavy atom. The highest BCUT2D eigenvalue weighted by Gasteiger charge is 2.08. The molecule has 0 saturated heterocycles. The average molecular weight is 290 g/mol. The van der Waals surface area contributed by atoms with Gasteiger partial charge >= 0.3 is 0 Å². The fourth-order valence-electron chi connectivity index (χ4n) is 2.02. The number of aliphatic hydroxyl groups is 1. The molecule has 0 aliphatic rings. The van der Waals surface area contributed by atoms with Crippen LogP contribution in [0.2, 0.25) is 0 Å². The van der Waals surface area contributed by atoms with E-state index >= 15 is 0 Å². The smallest absolute Gasteiger partial charge is 0.133 e. The average Bonchev–Trinajstić information content (AvgIpc) is 2.46. The van der Waals surface area contributed by atoms with Crippen LogP contribution in [0.25, 0.3) is 0 Å². The Labute approximate surface area is 124 Å². The molecule has 0 aliphatic heterocycles. The van der Waals surface area contributed by atoms with Gasteiger partial charge in [-0.05, 0) is 49.2 Å². The van der Waals surface area contributed by atoms with E-state index in [0.717, 1.165) is 11.1 Å². The summed E-state index contributed by atoms with van der Waals surface area (Å²) in [5.41, 5.74) is 2.20. The summed E-state index contributed by atoms with van der Waals surface area (Å²) in [5.74, 6) is 0.802. The maximum atomic E-state index is 13.8. The van der Waals surface area contributed by atoms with E-state index in [-0.39, 0.29) is 12.4 Å². The van der Waals surface area contributed by atoms with Crippen molar-refractivity contribution < 1.29 is 19.0 Å². The molecule has 2 aromatic carbocycles. The van der Waals surface area contributed by atoms with E-state index in [4.69, 9.17) is 9.47 Å². The number of ether oxygens (including phenoxy) is 2. The highest BCUT2D eigenvalue weighted by Crippen LogP contribution is 2.24. The van der Waals surface area contributed by atoms with Crippen molar-refractivity contribution in [2.75, 3.05) is 7.11 Å². The monoisotopic (exact) mass is 290 g/mol. The van der Waals surface area contributed by atoms with Gasteiger partial charge in [0, 0.05) is 11.6 Å². The Hall–Kier alpha value is -2.07. The summed E-state index contributed by atoms with van der Waals surface area (Å²) < 4.78 is 24.4. The van der Waals surface area contributed by atoms with Gasteiger partial charge in [0.05, 0.1) is 13.2 Å². The minimum absolute atomic E-state index is 0.144. The van der Waals surface area contributed by atoms with E-state index in [2.05, 4.69) is 0 Å².